The summed E-state index contributed by atoms with van der Waals surface area (Å²) >= 11 is 0. The molecule has 0 saturated carbocycles. The molecule has 15 heavy (non-hydrogen) atoms. The third-order valence-corrected chi connectivity index (χ3v) is 2.28. The molecule has 0 aliphatic carbocycles. The maximum absolute atomic E-state index is 11.7. The van der Waals surface area contributed by atoms with Crippen LogP contribution in [0.25, 0.3) is 11.0 Å². The zero-order valence-corrected chi connectivity index (χ0v) is 8.01. The lowest BCUT2D eigenvalue weighted by Gasteiger charge is -2.04. The average Bonchev–Trinajstić information content (AvgIpc) is 2.70. The van der Waals surface area contributed by atoms with Gasteiger partial charge in [0.2, 0.25) is 0 Å². The van der Waals surface area contributed by atoms with Crippen molar-refractivity contribution in [2.24, 2.45) is 5.73 Å². The summed E-state index contributed by atoms with van der Waals surface area (Å²) in [6, 6.07) is 6.32. The molecular weight excluding hydrogens is 194 g/mol. The average molecular weight is 205 g/mol. The van der Waals surface area contributed by atoms with Gasteiger partial charge >= 0.3 is 0 Å². The minimum Gasteiger partial charge on any atom is -0.464 e. The summed E-state index contributed by atoms with van der Waals surface area (Å²) in [5.41, 5.74) is 6.53. The van der Waals surface area contributed by atoms with Crippen molar-refractivity contribution in [3.63, 3.8) is 0 Å². The summed E-state index contributed by atoms with van der Waals surface area (Å²) in [6.07, 6.45) is 1.38. The Morgan fingerprint density at radius 3 is 2.93 bits per heavy atom. The largest absolute Gasteiger partial charge is 0.464 e. The van der Waals surface area contributed by atoms with E-state index in [1.807, 2.05) is 12.1 Å². The van der Waals surface area contributed by atoms with E-state index < -0.39 is 6.04 Å². The highest BCUT2D eigenvalue weighted by molar-refractivity contribution is 6.09. The number of fused-ring (bicyclic) bond motifs is 1. The fourth-order valence-electron chi connectivity index (χ4n) is 1.45. The standard InChI is InChI=1S/C11H11NO3/c12-9(5-13)11(14)8-6-15-10-4-2-1-3-7(8)10/h1-4,6,9,13H,5,12H2. The lowest BCUT2D eigenvalue weighted by molar-refractivity contribution is 0.0926. The minimum absolute atomic E-state index is 0.303. The van der Waals surface area contributed by atoms with Gasteiger partial charge in [0.15, 0.2) is 5.78 Å². The number of ketones is 1. The van der Waals surface area contributed by atoms with Gasteiger partial charge in [-0.1, -0.05) is 18.2 Å². The number of carbonyl (C=O) groups is 1. The fraction of sp³-hybridized carbons (Fsp3) is 0.182. The lowest BCUT2D eigenvalue weighted by Crippen LogP contribution is -2.33. The molecule has 1 unspecified atom stereocenters. The summed E-state index contributed by atoms with van der Waals surface area (Å²) < 4.78 is 5.21. The van der Waals surface area contributed by atoms with Crippen molar-refractivity contribution in [3.05, 3.63) is 36.1 Å². The first-order valence-electron chi connectivity index (χ1n) is 4.61. The summed E-state index contributed by atoms with van der Waals surface area (Å²) in [5.74, 6) is -0.303. The summed E-state index contributed by atoms with van der Waals surface area (Å²) in [7, 11) is 0. The highest BCUT2D eigenvalue weighted by Gasteiger charge is 2.19. The van der Waals surface area contributed by atoms with Crippen LogP contribution in [0.3, 0.4) is 0 Å². The molecule has 78 valence electrons. The molecule has 1 heterocycles. The van der Waals surface area contributed by atoms with E-state index in [2.05, 4.69) is 0 Å². The van der Waals surface area contributed by atoms with Crippen LogP contribution in [-0.4, -0.2) is 23.5 Å². The number of aliphatic hydroxyl groups is 1. The number of Topliss-reactive ketones (excluding diaryl/α,β-unsaturated/α-hetero) is 1. The first-order valence-corrected chi connectivity index (χ1v) is 4.61. The fourth-order valence-corrected chi connectivity index (χ4v) is 1.45. The van der Waals surface area contributed by atoms with Crippen LogP contribution in [0.1, 0.15) is 10.4 Å². The Morgan fingerprint density at radius 1 is 1.47 bits per heavy atom. The highest BCUT2D eigenvalue weighted by Crippen LogP contribution is 2.21. The molecule has 2 rings (SSSR count). The normalized spacial score (nSPS) is 12.9. The zero-order chi connectivity index (χ0) is 10.8. The third kappa shape index (κ3) is 1.65. The Morgan fingerprint density at radius 2 is 2.20 bits per heavy atom. The van der Waals surface area contributed by atoms with Gasteiger partial charge in [-0.2, -0.15) is 0 Å². The van der Waals surface area contributed by atoms with E-state index in [-0.39, 0.29) is 12.4 Å². The molecule has 0 bridgehead atoms. The Balaban J connectivity index is 2.48. The van der Waals surface area contributed by atoms with Crippen LogP contribution in [0.4, 0.5) is 0 Å². The number of nitrogens with two attached hydrogens (primary N) is 1. The predicted octanol–water partition coefficient (Wildman–Crippen LogP) is 0.935. The number of furan rings is 1. The Bertz CT molecular complexity index is 489. The van der Waals surface area contributed by atoms with Crippen molar-refractivity contribution >= 4 is 16.8 Å². The van der Waals surface area contributed by atoms with Crippen molar-refractivity contribution in [2.45, 2.75) is 6.04 Å². The zero-order valence-electron chi connectivity index (χ0n) is 8.01. The molecule has 3 N–H and O–H groups in total. The lowest BCUT2D eigenvalue weighted by atomic mass is 10.0. The van der Waals surface area contributed by atoms with Gasteiger partial charge in [0.1, 0.15) is 11.8 Å². The molecule has 0 radical (unpaired) electrons. The smallest absolute Gasteiger partial charge is 0.185 e. The van der Waals surface area contributed by atoms with Crippen LogP contribution in [-0.2, 0) is 0 Å². The molecule has 2 aromatic rings. The topological polar surface area (TPSA) is 76.5 Å². The van der Waals surface area contributed by atoms with E-state index in [9.17, 15) is 4.79 Å². The number of aliphatic hydroxyl groups excluding tert-OH is 1. The van der Waals surface area contributed by atoms with Crippen molar-refractivity contribution in [1.29, 1.82) is 0 Å². The molecule has 0 aliphatic heterocycles. The molecule has 0 amide bonds. The molecule has 4 nitrogen and oxygen atoms in total. The van der Waals surface area contributed by atoms with E-state index in [4.69, 9.17) is 15.3 Å². The molecule has 0 aliphatic rings. The maximum Gasteiger partial charge on any atom is 0.185 e. The minimum atomic E-state index is -0.883. The molecule has 0 saturated heterocycles. The summed E-state index contributed by atoms with van der Waals surface area (Å²) in [4.78, 5) is 11.7. The number of carbonyl (C=O) groups excluding carboxylic acids is 1. The van der Waals surface area contributed by atoms with E-state index in [0.717, 1.165) is 5.39 Å². The number of hydrogen-bond acceptors (Lipinski definition) is 4. The van der Waals surface area contributed by atoms with E-state index in [1.54, 1.807) is 12.1 Å². The van der Waals surface area contributed by atoms with Crippen LogP contribution >= 0.6 is 0 Å². The van der Waals surface area contributed by atoms with E-state index in [1.165, 1.54) is 6.26 Å². The SMILES string of the molecule is NC(CO)C(=O)c1coc2ccccc12. The van der Waals surface area contributed by atoms with Crippen LogP contribution < -0.4 is 5.73 Å². The van der Waals surface area contributed by atoms with Gasteiger partial charge in [0, 0.05) is 5.39 Å². The molecule has 1 aromatic heterocycles. The maximum atomic E-state index is 11.7. The van der Waals surface area contributed by atoms with Gasteiger partial charge < -0.3 is 15.3 Å². The molecule has 4 heteroatoms. The molecule has 1 aromatic carbocycles. The van der Waals surface area contributed by atoms with Gasteiger partial charge in [-0.3, -0.25) is 4.79 Å². The molecular formula is C11H11NO3. The van der Waals surface area contributed by atoms with Gasteiger partial charge in [-0.05, 0) is 6.07 Å². The van der Waals surface area contributed by atoms with Crippen molar-refractivity contribution in [3.8, 4) is 0 Å². The first kappa shape index (κ1) is 9.89. The van der Waals surface area contributed by atoms with Crippen LogP contribution in [0.2, 0.25) is 0 Å². The second kappa shape index (κ2) is 3.84. The Kier molecular flexibility index (Phi) is 2.53. The monoisotopic (exact) mass is 205 g/mol. The second-order valence-corrected chi connectivity index (χ2v) is 3.30. The highest BCUT2D eigenvalue weighted by atomic mass is 16.3. The summed E-state index contributed by atoms with van der Waals surface area (Å²) in [5, 5.41) is 9.53. The van der Waals surface area contributed by atoms with E-state index >= 15 is 0 Å². The first-order chi connectivity index (χ1) is 7.24. The second-order valence-electron chi connectivity index (χ2n) is 3.30. The van der Waals surface area contributed by atoms with Crippen molar-refractivity contribution < 1.29 is 14.3 Å². The molecule has 0 spiro atoms. The van der Waals surface area contributed by atoms with Crippen LogP contribution in [0, 0.1) is 0 Å². The predicted molar refractivity (Wildman–Crippen MR) is 55.6 cm³/mol. The molecule has 1 atom stereocenters. The van der Waals surface area contributed by atoms with Crippen molar-refractivity contribution in [1.82, 2.24) is 0 Å². The number of benzene rings is 1. The van der Waals surface area contributed by atoms with Gasteiger partial charge in [-0.25, -0.2) is 0 Å². The quantitative estimate of drug-likeness (QED) is 0.731. The van der Waals surface area contributed by atoms with Crippen molar-refractivity contribution in [2.75, 3.05) is 6.61 Å². The van der Waals surface area contributed by atoms with Crippen LogP contribution in [0.5, 0.6) is 0 Å². The van der Waals surface area contributed by atoms with Crippen LogP contribution in [0.15, 0.2) is 34.9 Å². The summed E-state index contributed by atoms with van der Waals surface area (Å²) in [6.45, 7) is -0.363. The van der Waals surface area contributed by atoms with Gasteiger partial charge in [-0.15, -0.1) is 0 Å². The van der Waals surface area contributed by atoms with Gasteiger partial charge in [0.05, 0.1) is 18.2 Å². The number of para-hydroxylation sites is 1. The Labute approximate surface area is 86.3 Å². The Hall–Kier alpha value is -1.65. The third-order valence-electron chi connectivity index (χ3n) is 2.28. The number of rotatable bonds is 3. The van der Waals surface area contributed by atoms with E-state index in [0.29, 0.717) is 11.1 Å². The molecule has 0 fully saturated rings. The number of hydrogen-bond donors (Lipinski definition) is 2. The van der Waals surface area contributed by atoms with Gasteiger partial charge in [0.25, 0.3) is 0 Å².